The highest BCUT2D eigenvalue weighted by atomic mass is 32.2. The molecule has 2 atom stereocenters. The van der Waals surface area contributed by atoms with E-state index in [-0.39, 0.29) is 24.5 Å². The van der Waals surface area contributed by atoms with Gasteiger partial charge in [0, 0.05) is 37.9 Å². The summed E-state index contributed by atoms with van der Waals surface area (Å²) in [6.45, 7) is 10.7. The Balaban J connectivity index is 0.000000580. The van der Waals surface area contributed by atoms with Crippen LogP contribution in [-0.4, -0.2) is 97.7 Å². The third-order valence-electron chi connectivity index (χ3n) is 8.07. The molecule has 1 aliphatic heterocycles. The van der Waals surface area contributed by atoms with Gasteiger partial charge in [-0.05, 0) is 92.5 Å². The largest absolute Gasteiger partial charge is 0.481 e. The molecule has 0 aliphatic carbocycles. The van der Waals surface area contributed by atoms with E-state index in [1.165, 1.54) is 5.56 Å². The molecule has 1 saturated heterocycles. The second-order valence-electron chi connectivity index (χ2n) is 12.3. The lowest BCUT2D eigenvalue weighted by Gasteiger charge is -2.24. The molecule has 1 heterocycles. The molecule has 3 aromatic carbocycles. The molecule has 0 spiro atoms. The fourth-order valence-electron chi connectivity index (χ4n) is 5.45. The number of rotatable bonds is 15. The highest BCUT2D eigenvalue weighted by Gasteiger charge is 2.26. The Kier molecular flexibility index (Phi) is 22.5. The Bertz CT molecular complexity index is 1620. The number of hydrogen-bond acceptors (Lipinski definition) is 8. The third kappa shape index (κ3) is 18.2. The molecule has 288 valence electrons. The topological polar surface area (TPSA) is 150 Å². The van der Waals surface area contributed by atoms with Crippen molar-refractivity contribution in [2.45, 2.75) is 78.4 Å². The van der Waals surface area contributed by atoms with Crippen molar-refractivity contribution in [2.75, 3.05) is 44.3 Å². The number of carboxylic acids is 2. The van der Waals surface area contributed by atoms with Gasteiger partial charge in [-0.25, -0.2) is 13.2 Å². The van der Waals surface area contributed by atoms with E-state index < -0.39 is 27.8 Å². The number of nitrogens with zero attached hydrogens (tertiary/aromatic N) is 1. The number of sulfone groups is 1. The van der Waals surface area contributed by atoms with E-state index in [2.05, 4.69) is 35.3 Å². The van der Waals surface area contributed by atoms with Crippen LogP contribution in [0.1, 0.15) is 73.0 Å². The van der Waals surface area contributed by atoms with Crippen molar-refractivity contribution in [3.8, 4) is 11.1 Å². The number of hydrogen-bond donors (Lipinski definition) is 3. The first-order chi connectivity index (χ1) is 24.7. The van der Waals surface area contributed by atoms with E-state index in [0.29, 0.717) is 23.8 Å². The van der Waals surface area contributed by atoms with Gasteiger partial charge in [-0.1, -0.05) is 80.1 Å². The highest BCUT2D eigenvalue weighted by Crippen LogP contribution is 2.30. The molecule has 1 fully saturated rings. The van der Waals surface area contributed by atoms with Gasteiger partial charge in [-0.2, -0.15) is 11.8 Å². The van der Waals surface area contributed by atoms with Crippen LogP contribution in [0.25, 0.3) is 11.1 Å². The Labute approximate surface area is 315 Å². The Hall–Kier alpha value is -3.71. The minimum atomic E-state index is -2.98. The van der Waals surface area contributed by atoms with Gasteiger partial charge >= 0.3 is 11.9 Å². The minimum absolute atomic E-state index is 0.0424. The lowest BCUT2D eigenvalue weighted by Crippen LogP contribution is -2.41. The summed E-state index contributed by atoms with van der Waals surface area (Å²) in [5.74, 6) is -1.70. The Morgan fingerprint density at radius 3 is 2.17 bits per heavy atom. The highest BCUT2D eigenvalue weighted by molar-refractivity contribution is 7.98. The van der Waals surface area contributed by atoms with Gasteiger partial charge < -0.3 is 20.3 Å². The molecule has 0 aromatic heterocycles. The number of carboxylic acid groups (broad SMARTS) is 2. The van der Waals surface area contributed by atoms with E-state index in [4.69, 9.17) is 9.84 Å². The Morgan fingerprint density at radius 1 is 0.981 bits per heavy atom. The molecule has 10 nitrogen and oxygen atoms in total. The number of amides is 1. The average molecular weight is 759 g/mol. The molecule has 2 unspecified atom stereocenters. The van der Waals surface area contributed by atoms with Crippen LogP contribution in [-0.2, 0) is 30.7 Å². The van der Waals surface area contributed by atoms with Gasteiger partial charge in [0.05, 0.1) is 12.4 Å². The first-order valence-corrected chi connectivity index (χ1v) is 21.1. The monoisotopic (exact) mass is 758 g/mol. The molecule has 52 heavy (non-hydrogen) atoms. The fourth-order valence-corrected chi connectivity index (χ4v) is 6.59. The normalized spacial score (nSPS) is 14.3. The molecule has 3 N–H and O–H groups in total. The predicted molar refractivity (Wildman–Crippen MR) is 213 cm³/mol. The molecule has 0 radical (unpaired) electrons. The van der Waals surface area contributed by atoms with Crippen LogP contribution in [0.5, 0.6) is 0 Å². The summed E-state index contributed by atoms with van der Waals surface area (Å²) in [4.78, 5) is 37.2. The first-order valence-electron chi connectivity index (χ1n) is 17.6. The lowest BCUT2D eigenvalue weighted by molar-refractivity contribution is -0.139. The number of carbonyl (C=O) groups excluding carboxylic acids is 1. The van der Waals surface area contributed by atoms with Crippen molar-refractivity contribution in [1.29, 1.82) is 0 Å². The summed E-state index contributed by atoms with van der Waals surface area (Å²) in [7, 11) is -1.24. The summed E-state index contributed by atoms with van der Waals surface area (Å²) >= 11 is 1.56. The minimum Gasteiger partial charge on any atom is -0.481 e. The Morgan fingerprint density at radius 2 is 1.63 bits per heavy atom. The van der Waals surface area contributed by atoms with E-state index >= 15 is 0 Å². The molecule has 0 bridgehead atoms. The average Bonchev–Trinajstić information content (AvgIpc) is 3.54. The maximum atomic E-state index is 13.2. The van der Waals surface area contributed by atoms with Gasteiger partial charge in [0.25, 0.3) is 5.91 Å². The van der Waals surface area contributed by atoms with Crippen molar-refractivity contribution < 1.29 is 37.8 Å². The van der Waals surface area contributed by atoms with Crippen LogP contribution in [0.4, 0.5) is 0 Å². The quantitative estimate of drug-likeness (QED) is 0.146. The van der Waals surface area contributed by atoms with Crippen molar-refractivity contribution in [2.24, 2.45) is 0 Å². The molecule has 12 heteroatoms. The number of nitrogens with one attached hydrogen (secondary N) is 1. The zero-order chi connectivity index (χ0) is 39.1. The zero-order valence-electron chi connectivity index (χ0n) is 31.8. The molecular weight excluding hydrogens is 701 g/mol. The number of aryl methyl sites for hydroxylation is 2. The second-order valence-corrected chi connectivity index (χ2v) is 15.6. The second kappa shape index (κ2) is 25.3. The lowest BCUT2D eigenvalue weighted by atomic mass is 9.93. The van der Waals surface area contributed by atoms with Crippen LogP contribution >= 0.6 is 11.8 Å². The maximum Gasteiger partial charge on any atom is 0.326 e. The van der Waals surface area contributed by atoms with Gasteiger partial charge in [0.15, 0.2) is 0 Å². The summed E-state index contributed by atoms with van der Waals surface area (Å²) in [5, 5.41) is 20.4. The summed E-state index contributed by atoms with van der Waals surface area (Å²) in [6.07, 6.45) is 5.82. The van der Waals surface area contributed by atoms with E-state index in [9.17, 15) is 27.9 Å². The molecule has 3 aromatic rings. The number of aliphatic carboxylic acids is 2. The number of ether oxygens (including phenoxy) is 1. The molecule has 1 amide bonds. The predicted octanol–water partition coefficient (Wildman–Crippen LogP) is 7.13. The molecule has 1 aliphatic rings. The maximum absolute atomic E-state index is 13.2. The number of carbonyl (C=O) groups is 3. The van der Waals surface area contributed by atoms with E-state index in [0.717, 1.165) is 61.0 Å². The number of benzene rings is 3. The van der Waals surface area contributed by atoms with Crippen LogP contribution < -0.4 is 5.32 Å². The van der Waals surface area contributed by atoms with Crippen molar-refractivity contribution in [3.63, 3.8) is 0 Å². The van der Waals surface area contributed by atoms with Crippen molar-refractivity contribution >= 4 is 39.4 Å². The smallest absolute Gasteiger partial charge is 0.326 e. The molecule has 0 saturated carbocycles. The summed E-state index contributed by atoms with van der Waals surface area (Å²) < 4.78 is 26.2. The van der Waals surface area contributed by atoms with Gasteiger partial charge in [-0.3, -0.25) is 14.5 Å². The van der Waals surface area contributed by atoms with Crippen LogP contribution in [0.3, 0.4) is 0 Å². The van der Waals surface area contributed by atoms with Gasteiger partial charge in [0.2, 0.25) is 0 Å². The van der Waals surface area contributed by atoms with E-state index in [1.807, 2.05) is 81.6 Å². The number of thioether (sulfide) groups is 1. The fraction of sp³-hybridized carbons (Fsp3) is 0.475. The summed E-state index contributed by atoms with van der Waals surface area (Å²) in [5.41, 5.74) is 5.83. The SMILES string of the molecule is CC.COCC1CCCN1Cc1ccc(C(=O)NC(CCSC)C(=O)O)c(-c2ccccc2C)c1.CS(=O)(=O)CCCC(=O)O.Cc1ccccc1. The van der Waals surface area contributed by atoms with Crippen LogP contribution in [0.2, 0.25) is 0 Å². The molecular formula is C40H58N2O8S2. The van der Waals surface area contributed by atoms with Crippen LogP contribution in [0.15, 0.2) is 72.8 Å². The molecule has 4 rings (SSSR count). The number of likely N-dealkylation sites (tertiary alicyclic amines) is 1. The van der Waals surface area contributed by atoms with Crippen molar-refractivity contribution in [3.05, 3.63) is 95.1 Å². The summed E-state index contributed by atoms with van der Waals surface area (Å²) in [6, 6.07) is 23.6. The van der Waals surface area contributed by atoms with E-state index in [1.54, 1.807) is 18.9 Å². The third-order valence-corrected chi connectivity index (χ3v) is 9.74. The van der Waals surface area contributed by atoms with Crippen LogP contribution in [0, 0.1) is 13.8 Å². The van der Waals surface area contributed by atoms with Gasteiger partial charge in [0.1, 0.15) is 15.9 Å². The number of methoxy groups -OCH3 is 1. The first kappa shape index (κ1) is 46.3. The van der Waals surface area contributed by atoms with Gasteiger partial charge in [-0.15, -0.1) is 0 Å². The zero-order valence-corrected chi connectivity index (χ0v) is 33.4. The standard InChI is InChI=1S/C26H34N2O4S.C7H8.C5H10O4S.C2H6/c1-18-7-4-5-9-21(18)23-15-19(16-28-13-6-8-20(28)17-32-2)10-11-22(23)25(29)27-24(26(30)31)12-14-33-3;1-7-5-3-2-4-6-7;1-10(8,9)4-2-3-5(6)7;1-2/h4-5,7,9-11,15,20,24H,6,8,12-14,16-17H2,1-3H3,(H,27,29)(H,30,31);2-6H,1H3;2-4H2,1H3,(H,6,7);1-2H3. The van der Waals surface area contributed by atoms with Crippen molar-refractivity contribution in [1.82, 2.24) is 10.2 Å².